The predicted molar refractivity (Wildman–Crippen MR) is 75.1 cm³/mol. The molecule has 1 atom stereocenters. The fraction of sp³-hybridized carbons (Fsp3) is 0.312. The zero-order valence-corrected chi connectivity index (χ0v) is 11.6. The largest absolute Gasteiger partial charge is 0.488 e. The van der Waals surface area contributed by atoms with Gasteiger partial charge >= 0.3 is 0 Å². The first kappa shape index (κ1) is 13.6. The fourth-order valence-corrected chi connectivity index (χ4v) is 1.97. The monoisotopic (exact) mass is 257 g/mol. The van der Waals surface area contributed by atoms with Crippen LogP contribution >= 0.6 is 0 Å². The lowest BCUT2D eigenvalue weighted by molar-refractivity contribution is 0.190. The lowest BCUT2D eigenvalue weighted by Gasteiger charge is -2.14. The van der Waals surface area contributed by atoms with Gasteiger partial charge in [0.1, 0.15) is 12.4 Å². The minimum absolute atomic E-state index is 0.456. The maximum Gasteiger partial charge on any atom is 0.125 e. The van der Waals surface area contributed by atoms with Gasteiger partial charge in [-0.05, 0) is 44.0 Å². The van der Waals surface area contributed by atoms with Gasteiger partial charge in [0.2, 0.25) is 0 Å². The zero-order valence-electron chi connectivity index (χ0n) is 11.6. The number of hydrogen-bond donors (Lipinski definition) is 1. The molecule has 0 aliphatic rings. The SMILES string of the molecule is Cc1cncc(COc2cc(C)ccc2[C@@H](C)O)c1. The first-order valence-electron chi connectivity index (χ1n) is 6.38. The van der Waals surface area contributed by atoms with E-state index < -0.39 is 6.10 Å². The van der Waals surface area contributed by atoms with Gasteiger partial charge in [0.05, 0.1) is 6.10 Å². The summed E-state index contributed by atoms with van der Waals surface area (Å²) >= 11 is 0. The number of nitrogens with zero attached hydrogens (tertiary/aromatic N) is 1. The van der Waals surface area contributed by atoms with Crippen LogP contribution in [0.5, 0.6) is 5.75 Å². The van der Waals surface area contributed by atoms with Crippen LogP contribution in [0.1, 0.15) is 35.3 Å². The highest BCUT2D eigenvalue weighted by Gasteiger charge is 2.09. The molecule has 0 spiro atoms. The average Bonchev–Trinajstić information content (AvgIpc) is 2.36. The van der Waals surface area contributed by atoms with Crippen LogP contribution in [-0.2, 0) is 6.61 Å². The van der Waals surface area contributed by atoms with Crippen molar-refractivity contribution in [1.82, 2.24) is 4.98 Å². The Labute approximate surface area is 113 Å². The van der Waals surface area contributed by atoms with Gasteiger partial charge in [-0.1, -0.05) is 12.1 Å². The van der Waals surface area contributed by atoms with Crippen molar-refractivity contribution in [3.63, 3.8) is 0 Å². The van der Waals surface area contributed by atoms with E-state index in [-0.39, 0.29) is 0 Å². The summed E-state index contributed by atoms with van der Waals surface area (Å²) in [6.07, 6.45) is 3.08. The molecule has 0 amide bonds. The highest BCUT2D eigenvalue weighted by atomic mass is 16.5. The molecule has 3 nitrogen and oxygen atoms in total. The van der Waals surface area contributed by atoms with Crippen LogP contribution in [0.15, 0.2) is 36.7 Å². The summed E-state index contributed by atoms with van der Waals surface area (Å²) in [4.78, 5) is 4.14. The zero-order chi connectivity index (χ0) is 13.8. The first-order valence-corrected chi connectivity index (χ1v) is 6.38. The summed E-state index contributed by atoms with van der Waals surface area (Å²) in [5.41, 5.74) is 4.06. The number of hydrogen-bond acceptors (Lipinski definition) is 3. The summed E-state index contributed by atoms with van der Waals surface area (Å²) in [6, 6.07) is 7.88. The molecule has 0 aliphatic carbocycles. The van der Waals surface area contributed by atoms with Crippen LogP contribution in [0.3, 0.4) is 0 Å². The number of aliphatic hydroxyl groups excluding tert-OH is 1. The lowest BCUT2D eigenvalue weighted by Crippen LogP contribution is -2.02. The molecular weight excluding hydrogens is 238 g/mol. The van der Waals surface area contributed by atoms with Crippen molar-refractivity contribution in [3.8, 4) is 5.75 Å². The summed E-state index contributed by atoms with van der Waals surface area (Å²) in [5.74, 6) is 0.733. The van der Waals surface area contributed by atoms with Crippen LogP contribution in [-0.4, -0.2) is 10.1 Å². The van der Waals surface area contributed by atoms with Crippen molar-refractivity contribution >= 4 is 0 Å². The van der Waals surface area contributed by atoms with E-state index in [2.05, 4.69) is 4.98 Å². The highest BCUT2D eigenvalue weighted by Crippen LogP contribution is 2.27. The van der Waals surface area contributed by atoms with Crippen molar-refractivity contribution in [1.29, 1.82) is 0 Å². The van der Waals surface area contributed by atoms with Gasteiger partial charge in [0.25, 0.3) is 0 Å². The Balaban J connectivity index is 2.17. The molecule has 0 saturated carbocycles. The van der Waals surface area contributed by atoms with E-state index >= 15 is 0 Å². The Morgan fingerprint density at radius 2 is 1.95 bits per heavy atom. The molecule has 0 unspecified atom stereocenters. The third kappa shape index (κ3) is 3.55. The van der Waals surface area contributed by atoms with E-state index in [1.54, 1.807) is 13.1 Å². The molecule has 100 valence electrons. The third-order valence-electron chi connectivity index (χ3n) is 2.95. The molecule has 19 heavy (non-hydrogen) atoms. The quantitative estimate of drug-likeness (QED) is 0.913. The molecule has 0 bridgehead atoms. The van der Waals surface area contributed by atoms with Gasteiger partial charge in [-0.3, -0.25) is 4.98 Å². The van der Waals surface area contributed by atoms with Crippen molar-refractivity contribution in [3.05, 3.63) is 58.9 Å². The van der Waals surface area contributed by atoms with Crippen molar-refractivity contribution in [2.75, 3.05) is 0 Å². The van der Waals surface area contributed by atoms with Gasteiger partial charge in [0.15, 0.2) is 0 Å². The Bertz CT molecular complexity index is 564. The van der Waals surface area contributed by atoms with Crippen molar-refractivity contribution in [2.24, 2.45) is 0 Å². The average molecular weight is 257 g/mol. The molecule has 1 N–H and O–H groups in total. The van der Waals surface area contributed by atoms with Gasteiger partial charge in [-0.25, -0.2) is 0 Å². The van der Waals surface area contributed by atoms with Gasteiger partial charge in [-0.2, -0.15) is 0 Å². The first-order chi connectivity index (χ1) is 9.06. The molecule has 2 rings (SSSR count). The van der Waals surface area contributed by atoms with E-state index in [1.807, 2.05) is 44.3 Å². The number of aliphatic hydroxyl groups is 1. The summed E-state index contributed by atoms with van der Waals surface area (Å²) < 4.78 is 5.82. The van der Waals surface area contributed by atoms with E-state index in [1.165, 1.54) is 0 Å². The molecule has 0 aliphatic heterocycles. The molecule has 0 radical (unpaired) electrons. The van der Waals surface area contributed by atoms with E-state index in [4.69, 9.17) is 4.74 Å². The molecule has 2 aromatic rings. The Morgan fingerprint density at radius 3 is 2.63 bits per heavy atom. The second-order valence-corrected chi connectivity index (χ2v) is 4.88. The second-order valence-electron chi connectivity index (χ2n) is 4.88. The summed E-state index contributed by atoms with van der Waals surface area (Å²) in [7, 11) is 0. The summed E-state index contributed by atoms with van der Waals surface area (Å²) in [5, 5.41) is 9.74. The van der Waals surface area contributed by atoms with Crippen molar-refractivity contribution in [2.45, 2.75) is 33.5 Å². The smallest absolute Gasteiger partial charge is 0.125 e. The Kier molecular flexibility index (Phi) is 4.17. The van der Waals surface area contributed by atoms with Crippen molar-refractivity contribution < 1.29 is 9.84 Å². The van der Waals surface area contributed by atoms with Crippen LogP contribution < -0.4 is 4.74 Å². The molecule has 0 fully saturated rings. The normalized spacial score (nSPS) is 12.2. The van der Waals surface area contributed by atoms with E-state index in [9.17, 15) is 5.11 Å². The Hall–Kier alpha value is -1.87. The molecule has 1 aromatic carbocycles. The standard InChI is InChI=1S/C16H19NO2/c1-11-4-5-15(13(3)18)16(7-11)19-10-14-6-12(2)8-17-9-14/h4-9,13,18H,10H2,1-3H3/t13-/m1/s1. The minimum Gasteiger partial charge on any atom is -0.488 e. The summed E-state index contributed by atoms with van der Waals surface area (Å²) in [6.45, 7) is 6.21. The van der Waals surface area contributed by atoms with Crippen LogP contribution in [0, 0.1) is 13.8 Å². The number of ether oxygens (including phenoxy) is 1. The topological polar surface area (TPSA) is 42.4 Å². The number of benzene rings is 1. The molecule has 1 heterocycles. The minimum atomic E-state index is -0.536. The number of pyridine rings is 1. The fourth-order valence-electron chi connectivity index (χ4n) is 1.97. The second kappa shape index (κ2) is 5.85. The maximum absolute atomic E-state index is 9.74. The van der Waals surface area contributed by atoms with Gasteiger partial charge in [0, 0.05) is 23.5 Å². The highest BCUT2D eigenvalue weighted by molar-refractivity contribution is 5.38. The lowest BCUT2D eigenvalue weighted by atomic mass is 10.1. The number of aryl methyl sites for hydroxylation is 2. The van der Waals surface area contributed by atoms with Gasteiger partial charge < -0.3 is 9.84 Å². The predicted octanol–water partition coefficient (Wildman–Crippen LogP) is 3.33. The molecular formula is C16H19NO2. The van der Waals surface area contributed by atoms with Crippen LogP contribution in [0.2, 0.25) is 0 Å². The molecule has 3 heteroatoms. The molecule has 1 aromatic heterocycles. The number of aromatic nitrogens is 1. The third-order valence-corrected chi connectivity index (χ3v) is 2.95. The van der Waals surface area contributed by atoms with E-state index in [0.717, 1.165) is 28.0 Å². The van der Waals surface area contributed by atoms with E-state index in [0.29, 0.717) is 6.61 Å². The molecule has 0 saturated heterocycles. The number of rotatable bonds is 4. The Morgan fingerprint density at radius 1 is 1.16 bits per heavy atom. The maximum atomic E-state index is 9.74. The van der Waals surface area contributed by atoms with Gasteiger partial charge in [-0.15, -0.1) is 0 Å². The van der Waals surface area contributed by atoms with Crippen LogP contribution in [0.4, 0.5) is 0 Å². The van der Waals surface area contributed by atoms with Crippen LogP contribution in [0.25, 0.3) is 0 Å².